The van der Waals surface area contributed by atoms with Gasteiger partial charge < -0.3 is 0 Å². The summed E-state index contributed by atoms with van der Waals surface area (Å²) in [4.78, 5) is 12.3. The van der Waals surface area contributed by atoms with Gasteiger partial charge in [-0.15, -0.1) is 0 Å². The fraction of sp³-hybridized carbons (Fsp3) is 0.263. The second kappa shape index (κ2) is 8.81. The lowest BCUT2D eigenvalue weighted by atomic mass is 9.98. The largest absolute Gasteiger partial charge is 0.273 e. The van der Waals surface area contributed by atoms with E-state index in [-0.39, 0.29) is 29.8 Å². The minimum atomic E-state index is -3.69. The molecule has 0 atom stereocenters. The minimum Gasteiger partial charge on any atom is -0.273 e. The van der Waals surface area contributed by atoms with Crippen LogP contribution in [0.1, 0.15) is 18.4 Å². The maximum atomic E-state index is 13.0. The molecule has 6 nitrogen and oxygen atoms in total. The number of halogens is 2. The van der Waals surface area contributed by atoms with Crippen molar-refractivity contribution in [3.05, 3.63) is 64.9 Å². The van der Waals surface area contributed by atoms with Crippen LogP contribution in [-0.4, -0.2) is 37.9 Å². The number of rotatable bonds is 5. The summed E-state index contributed by atoms with van der Waals surface area (Å²) in [5, 5.41) is 4.50. The lowest BCUT2D eigenvalue weighted by Crippen LogP contribution is -2.42. The first-order valence-corrected chi connectivity index (χ1v) is 10.5. The van der Waals surface area contributed by atoms with Crippen LogP contribution in [0.3, 0.4) is 0 Å². The molecule has 1 saturated heterocycles. The molecule has 0 aliphatic carbocycles. The van der Waals surface area contributed by atoms with E-state index in [1.54, 1.807) is 24.3 Å². The predicted octanol–water partition coefficient (Wildman–Crippen LogP) is 3.03. The van der Waals surface area contributed by atoms with Crippen LogP contribution in [0.4, 0.5) is 4.39 Å². The number of sulfonamides is 1. The zero-order chi connectivity index (χ0) is 20.1. The van der Waals surface area contributed by atoms with Gasteiger partial charge in [0.25, 0.3) is 0 Å². The van der Waals surface area contributed by atoms with Crippen LogP contribution in [-0.2, 0) is 14.8 Å². The van der Waals surface area contributed by atoms with Crippen molar-refractivity contribution in [3.8, 4) is 0 Å². The number of hydrazone groups is 1. The summed E-state index contributed by atoms with van der Waals surface area (Å²) < 4.78 is 39.5. The molecular weight excluding hydrogens is 405 g/mol. The van der Waals surface area contributed by atoms with Crippen molar-refractivity contribution >= 4 is 33.7 Å². The normalized spacial score (nSPS) is 16.4. The number of benzene rings is 2. The van der Waals surface area contributed by atoms with Gasteiger partial charge in [0.05, 0.1) is 11.1 Å². The SMILES string of the molecule is O=C(N/N=C\c1cccc(Cl)c1)C1CCN(S(=O)(=O)c2ccc(F)cc2)CC1. The molecule has 0 spiro atoms. The van der Waals surface area contributed by atoms with Crippen molar-refractivity contribution in [3.63, 3.8) is 0 Å². The van der Waals surface area contributed by atoms with E-state index in [2.05, 4.69) is 10.5 Å². The third-order valence-electron chi connectivity index (χ3n) is 4.51. The molecule has 1 fully saturated rings. The van der Waals surface area contributed by atoms with Gasteiger partial charge in [-0.25, -0.2) is 18.2 Å². The Morgan fingerprint density at radius 1 is 1.18 bits per heavy atom. The molecule has 0 bridgehead atoms. The number of nitrogens with zero attached hydrogens (tertiary/aromatic N) is 2. The Morgan fingerprint density at radius 3 is 2.50 bits per heavy atom. The highest BCUT2D eigenvalue weighted by atomic mass is 35.5. The summed E-state index contributed by atoms with van der Waals surface area (Å²) >= 11 is 5.89. The number of nitrogens with one attached hydrogen (secondary N) is 1. The van der Waals surface area contributed by atoms with Crippen molar-refractivity contribution in [2.75, 3.05) is 13.1 Å². The molecule has 0 unspecified atom stereocenters. The van der Waals surface area contributed by atoms with Gasteiger partial charge in [0.15, 0.2) is 0 Å². The topological polar surface area (TPSA) is 78.8 Å². The predicted molar refractivity (Wildman–Crippen MR) is 105 cm³/mol. The van der Waals surface area contributed by atoms with Gasteiger partial charge >= 0.3 is 0 Å². The highest BCUT2D eigenvalue weighted by Crippen LogP contribution is 2.24. The van der Waals surface area contributed by atoms with Crippen molar-refractivity contribution in [1.29, 1.82) is 0 Å². The Morgan fingerprint density at radius 2 is 1.86 bits per heavy atom. The smallest absolute Gasteiger partial charge is 0.243 e. The molecule has 0 aromatic heterocycles. The van der Waals surface area contributed by atoms with E-state index in [0.717, 1.165) is 17.7 Å². The zero-order valence-corrected chi connectivity index (χ0v) is 16.5. The average molecular weight is 424 g/mol. The Labute approximate surface area is 168 Å². The second-order valence-corrected chi connectivity index (χ2v) is 8.80. The molecule has 148 valence electrons. The van der Waals surface area contributed by atoms with Crippen molar-refractivity contribution < 1.29 is 17.6 Å². The van der Waals surface area contributed by atoms with Gasteiger partial charge in [-0.2, -0.15) is 9.41 Å². The summed E-state index contributed by atoms with van der Waals surface area (Å²) in [7, 11) is -3.69. The molecule has 1 amide bonds. The molecule has 9 heteroatoms. The highest BCUT2D eigenvalue weighted by Gasteiger charge is 2.32. The van der Waals surface area contributed by atoms with E-state index >= 15 is 0 Å². The van der Waals surface area contributed by atoms with Crippen LogP contribution in [0.5, 0.6) is 0 Å². The molecule has 3 rings (SSSR count). The van der Waals surface area contributed by atoms with Crippen LogP contribution in [0.25, 0.3) is 0 Å². The fourth-order valence-electron chi connectivity index (χ4n) is 2.96. The van der Waals surface area contributed by atoms with E-state index in [9.17, 15) is 17.6 Å². The summed E-state index contributed by atoms with van der Waals surface area (Å²) in [5.41, 5.74) is 3.25. The molecule has 1 heterocycles. The molecule has 1 aliphatic rings. The number of amides is 1. The fourth-order valence-corrected chi connectivity index (χ4v) is 4.63. The molecule has 0 radical (unpaired) electrons. The Balaban J connectivity index is 1.54. The van der Waals surface area contributed by atoms with Gasteiger partial charge in [0, 0.05) is 24.0 Å². The Bertz CT molecular complexity index is 972. The lowest BCUT2D eigenvalue weighted by Gasteiger charge is -2.30. The quantitative estimate of drug-likeness (QED) is 0.593. The van der Waals surface area contributed by atoms with E-state index in [4.69, 9.17) is 11.6 Å². The van der Waals surface area contributed by atoms with Crippen LogP contribution in [0.2, 0.25) is 5.02 Å². The first-order chi connectivity index (χ1) is 13.4. The van der Waals surface area contributed by atoms with Gasteiger partial charge in [0.1, 0.15) is 5.82 Å². The molecular formula is C19H19ClFN3O3S. The molecule has 1 N–H and O–H groups in total. The van der Waals surface area contributed by atoms with Crippen LogP contribution >= 0.6 is 11.6 Å². The first kappa shape index (κ1) is 20.4. The van der Waals surface area contributed by atoms with E-state index in [0.29, 0.717) is 17.9 Å². The van der Waals surface area contributed by atoms with Crippen LogP contribution < -0.4 is 5.43 Å². The van der Waals surface area contributed by atoms with Crippen molar-refractivity contribution in [2.24, 2.45) is 11.0 Å². The van der Waals surface area contributed by atoms with Crippen LogP contribution in [0.15, 0.2) is 58.5 Å². The minimum absolute atomic E-state index is 0.0444. The highest BCUT2D eigenvalue weighted by molar-refractivity contribution is 7.89. The van der Waals surface area contributed by atoms with Gasteiger partial charge in [0.2, 0.25) is 15.9 Å². The van der Waals surface area contributed by atoms with E-state index in [1.807, 2.05) is 0 Å². The number of hydrogen-bond donors (Lipinski definition) is 1. The molecule has 2 aromatic carbocycles. The summed E-state index contributed by atoms with van der Waals surface area (Å²) in [6, 6.07) is 11.8. The third-order valence-corrected chi connectivity index (χ3v) is 6.66. The van der Waals surface area contributed by atoms with Gasteiger partial charge in [-0.05, 0) is 54.8 Å². The maximum absolute atomic E-state index is 13.0. The number of carbonyl (C=O) groups is 1. The Kier molecular flexibility index (Phi) is 6.43. The van der Waals surface area contributed by atoms with E-state index < -0.39 is 15.8 Å². The number of hydrogen-bond acceptors (Lipinski definition) is 4. The Hall–Kier alpha value is -2.29. The average Bonchev–Trinajstić information content (AvgIpc) is 2.68. The molecule has 2 aromatic rings. The summed E-state index contributed by atoms with van der Waals surface area (Å²) in [5.74, 6) is -1.07. The second-order valence-electron chi connectivity index (χ2n) is 6.42. The number of carbonyl (C=O) groups excluding carboxylic acids is 1. The van der Waals surface area contributed by atoms with Gasteiger partial charge in [-0.3, -0.25) is 4.79 Å². The molecule has 28 heavy (non-hydrogen) atoms. The monoisotopic (exact) mass is 423 g/mol. The molecule has 0 saturated carbocycles. The van der Waals surface area contributed by atoms with E-state index in [1.165, 1.54) is 22.7 Å². The standard InChI is InChI=1S/C19H19ClFN3O3S/c20-16-3-1-2-14(12-16)13-22-23-19(25)15-8-10-24(11-9-15)28(26,27)18-6-4-17(21)5-7-18/h1-7,12-13,15H,8-11H2,(H,23,25)/b22-13-. The van der Waals surface area contributed by atoms with Crippen molar-refractivity contribution in [1.82, 2.24) is 9.73 Å². The summed E-state index contributed by atoms with van der Waals surface area (Å²) in [6.45, 7) is 0.436. The summed E-state index contributed by atoms with van der Waals surface area (Å²) in [6.07, 6.45) is 2.27. The molecule has 1 aliphatic heterocycles. The van der Waals surface area contributed by atoms with Crippen LogP contribution in [0, 0.1) is 11.7 Å². The number of piperidine rings is 1. The van der Waals surface area contributed by atoms with Crippen molar-refractivity contribution in [2.45, 2.75) is 17.7 Å². The third kappa shape index (κ3) is 4.95. The van der Waals surface area contributed by atoms with Gasteiger partial charge in [-0.1, -0.05) is 23.7 Å². The maximum Gasteiger partial charge on any atom is 0.243 e. The first-order valence-electron chi connectivity index (χ1n) is 8.70. The zero-order valence-electron chi connectivity index (χ0n) is 14.9. The lowest BCUT2D eigenvalue weighted by molar-refractivity contribution is -0.126.